The third-order valence-corrected chi connectivity index (χ3v) is 6.79. The quantitative estimate of drug-likeness (QED) is 0.443. The summed E-state index contributed by atoms with van der Waals surface area (Å²) in [6.07, 6.45) is 0.177. The fraction of sp³-hybridized carbons (Fsp3) is 0.480. The van der Waals surface area contributed by atoms with Gasteiger partial charge < -0.3 is 24.5 Å². The molecule has 1 saturated heterocycles. The average molecular weight is 516 g/mol. The lowest BCUT2D eigenvalue weighted by atomic mass is 10.1. The van der Waals surface area contributed by atoms with E-state index < -0.39 is 46.5 Å². The number of piperazine rings is 1. The topological polar surface area (TPSA) is 125 Å². The molecule has 198 valence electrons. The molecule has 1 aromatic heterocycles. The maximum Gasteiger partial charge on any atom is 0.312 e. The standard InChI is InChI=1S/C25H30FN5O6/c1-28-9-11-30(12-10-28)25(36)24(35)29(2)18-15-37-14-13-31-22(18)27-20(21(33)23(31)34)19(32)8-5-16-3-6-17(26)7-4-16/h3-4,6-7,18,33H,5,8-15H2,1-2H3. The molecule has 1 atom stereocenters. The number of amides is 2. The predicted molar refractivity (Wildman–Crippen MR) is 130 cm³/mol. The van der Waals surface area contributed by atoms with Crippen LogP contribution < -0.4 is 5.56 Å². The molecule has 0 bridgehead atoms. The van der Waals surface area contributed by atoms with Crippen molar-refractivity contribution in [1.82, 2.24) is 24.3 Å². The van der Waals surface area contributed by atoms with E-state index in [-0.39, 0.29) is 38.4 Å². The zero-order valence-corrected chi connectivity index (χ0v) is 20.9. The van der Waals surface area contributed by atoms with Crippen molar-refractivity contribution < 1.29 is 28.6 Å². The molecule has 12 heteroatoms. The van der Waals surface area contributed by atoms with Crippen molar-refractivity contribution in [2.24, 2.45) is 0 Å². The summed E-state index contributed by atoms with van der Waals surface area (Å²) in [6.45, 7) is 2.28. The number of aromatic nitrogens is 2. The zero-order chi connectivity index (χ0) is 26.7. The molecule has 2 aromatic rings. The van der Waals surface area contributed by atoms with E-state index in [1.54, 1.807) is 12.1 Å². The Balaban J connectivity index is 1.59. The van der Waals surface area contributed by atoms with Gasteiger partial charge in [0.05, 0.1) is 19.8 Å². The SMILES string of the molecule is CN1CCN(C(=O)C(=O)N(C)C2COCCn3c2nc(C(=O)CCc2ccc(F)cc2)c(O)c3=O)CC1. The number of halogens is 1. The van der Waals surface area contributed by atoms with E-state index in [1.807, 2.05) is 7.05 Å². The predicted octanol–water partition coefficient (Wildman–Crippen LogP) is 0.207. The van der Waals surface area contributed by atoms with Crippen LogP contribution >= 0.6 is 0 Å². The number of ketones is 1. The van der Waals surface area contributed by atoms with Crippen LogP contribution in [0.2, 0.25) is 0 Å². The third-order valence-electron chi connectivity index (χ3n) is 6.79. The monoisotopic (exact) mass is 515 g/mol. The number of ether oxygens (including phenoxy) is 1. The molecule has 1 N–H and O–H groups in total. The van der Waals surface area contributed by atoms with Gasteiger partial charge in [-0.3, -0.25) is 23.7 Å². The number of Topliss-reactive ketones (excluding diaryl/α,β-unsaturated/α-hetero) is 1. The maximum atomic E-state index is 13.2. The molecular formula is C25H30FN5O6. The van der Waals surface area contributed by atoms with Gasteiger partial charge in [0.1, 0.15) is 17.7 Å². The summed E-state index contributed by atoms with van der Waals surface area (Å²) in [6, 6.07) is 4.74. The maximum absolute atomic E-state index is 13.2. The second-order valence-corrected chi connectivity index (χ2v) is 9.28. The summed E-state index contributed by atoms with van der Waals surface area (Å²) in [5.41, 5.74) is -0.520. The van der Waals surface area contributed by atoms with Crippen LogP contribution in [0.1, 0.15) is 34.3 Å². The second kappa shape index (κ2) is 11.2. The van der Waals surface area contributed by atoms with Crippen LogP contribution in [0.25, 0.3) is 0 Å². The zero-order valence-electron chi connectivity index (χ0n) is 20.9. The van der Waals surface area contributed by atoms with Gasteiger partial charge in [-0.15, -0.1) is 0 Å². The molecule has 1 unspecified atom stereocenters. The summed E-state index contributed by atoms with van der Waals surface area (Å²) in [7, 11) is 3.36. The molecular weight excluding hydrogens is 485 g/mol. The third kappa shape index (κ3) is 5.70. The van der Waals surface area contributed by atoms with Gasteiger partial charge in [0.2, 0.25) is 5.75 Å². The van der Waals surface area contributed by atoms with E-state index in [9.17, 15) is 28.7 Å². The van der Waals surface area contributed by atoms with Gasteiger partial charge in [0, 0.05) is 39.6 Å². The van der Waals surface area contributed by atoms with Gasteiger partial charge in [0.25, 0.3) is 5.56 Å². The number of benzene rings is 1. The van der Waals surface area contributed by atoms with Crippen molar-refractivity contribution in [3.05, 3.63) is 57.5 Å². The molecule has 2 aliphatic heterocycles. The summed E-state index contributed by atoms with van der Waals surface area (Å²) in [4.78, 5) is 61.0. The highest BCUT2D eigenvalue weighted by molar-refractivity contribution is 6.34. The molecule has 3 heterocycles. The molecule has 0 radical (unpaired) electrons. The van der Waals surface area contributed by atoms with E-state index in [2.05, 4.69) is 9.88 Å². The Morgan fingerprint density at radius 2 is 1.81 bits per heavy atom. The molecule has 0 saturated carbocycles. The number of hydrogen-bond acceptors (Lipinski definition) is 8. The minimum atomic E-state index is -0.927. The van der Waals surface area contributed by atoms with E-state index in [1.165, 1.54) is 33.5 Å². The molecule has 2 aliphatic rings. The van der Waals surface area contributed by atoms with Crippen molar-refractivity contribution in [2.45, 2.75) is 25.4 Å². The molecule has 1 aromatic carbocycles. The number of aryl methyl sites for hydroxylation is 1. The Kier molecular flexibility index (Phi) is 7.98. The van der Waals surface area contributed by atoms with Crippen molar-refractivity contribution in [2.75, 3.05) is 53.5 Å². The largest absolute Gasteiger partial charge is 0.501 e. The van der Waals surface area contributed by atoms with Gasteiger partial charge in [-0.2, -0.15) is 0 Å². The molecule has 0 spiro atoms. The molecule has 4 rings (SSSR count). The number of carbonyl (C=O) groups excluding carboxylic acids is 3. The number of aromatic hydroxyl groups is 1. The number of hydrogen-bond donors (Lipinski definition) is 1. The van der Waals surface area contributed by atoms with Crippen molar-refractivity contribution in [3.8, 4) is 5.75 Å². The Morgan fingerprint density at radius 1 is 1.14 bits per heavy atom. The Labute approximate surface area is 213 Å². The van der Waals surface area contributed by atoms with Crippen LogP contribution in [0.5, 0.6) is 5.75 Å². The number of fused-ring (bicyclic) bond motifs is 1. The van der Waals surface area contributed by atoms with Crippen LogP contribution in [0.15, 0.2) is 29.1 Å². The van der Waals surface area contributed by atoms with E-state index in [0.29, 0.717) is 31.7 Å². The first-order valence-electron chi connectivity index (χ1n) is 12.1. The van der Waals surface area contributed by atoms with Crippen molar-refractivity contribution >= 4 is 17.6 Å². The van der Waals surface area contributed by atoms with Gasteiger partial charge in [0.15, 0.2) is 11.5 Å². The van der Waals surface area contributed by atoms with Crippen LogP contribution in [-0.2, 0) is 27.3 Å². The lowest BCUT2D eigenvalue weighted by Crippen LogP contribution is -2.52. The second-order valence-electron chi connectivity index (χ2n) is 9.28. The highest BCUT2D eigenvalue weighted by Crippen LogP contribution is 2.24. The molecule has 0 aliphatic carbocycles. The lowest BCUT2D eigenvalue weighted by Gasteiger charge is -2.34. The van der Waals surface area contributed by atoms with Gasteiger partial charge >= 0.3 is 11.8 Å². The van der Waals surface area contributed by atoms with Crippen LogP contribution in [0, 0.1) is 5.82 Å². The summed E-state index contributed by atoms with van der Waals surface area (Å²) >= 11 is 0. The average Bonchev–Trinajstić information content (AvgIpc) is 3.12. The summed E-state index contributed by atoms with van der Waals surface area (Å²) in [5, 5.41) is 10.5. The van der Waals surface area contributed by atoms with Crippen molar-refractivity contribution in [1.29, 1.82) is 0 Å². The minimum absolute atomic E-state index is 0.0430. The first kappa shape index (κ1) is 26.4. The van der Waals surface area contributed by atoms with E-state index >= 15 is 0 Å². The Hall–Kier alpha value is -3.64. The highest BCUT2D eigenvalue weighted by atomic mass is 19.1. The first-order chi connectivity index (χ1) is 17.7. The Bertz CT molecular complexity index is 1240. The number of rotatable bonds is 5. The fourth-order valence-corrected chi connectivity index (χ4v) is 4.40. The highest BCUT2D eigenvalue weighted by Gasteiger charge is 2.35. The van der Waals surface area contributed by atoms with Gasteiger partial charge in [-0.1, -0.05) is 12.1 Å². The van der Waals surface area contributed by atoms with Crippen LogP contribution in [0.4, 0.5) is 4.39 Å². The van der Waals surface area contributed by atoms with E-state index in [0.717, 1.165) is 0 Å². The number of likely N-dealkylation sites (N-methyl/N-ethyl adjacent to an activating group) is 2. The number of carbonyl (C=O) groups is 3. The Morgan fingerprint density at radius 3 is 2.49 bits per heavy atom. The smallest absolute Gasteiger partial charge is 0.312 e. The molecule has 37 heavy (non-hydrogen) atoms. The van der Waals surface area contributed by atoms with E-state index in [4.69, 9.17) is 4.74 Å². The van der Waals surface area contributed by atoms with Gasteiger partial charge in [-0.25, -0.2) is 9.37 Å². The minimum Gasteiger partial charge on any atom is -0.501 e. The van der Waals surface area contributed by atoms with Crippen LogP contribution in [-0.4, -0.2) is 100 Å². The van der Waals surface area contributed by atoms with Gasteiger partial charge in [-0.05, 0) is 31.2 Å². The molecule has 1 fully saturated rings. The van der Waals surface area contributed by atoms with Crippen LogP contribution in [0.3, 0.4) is 0 Å². The normalized spacial score (nSPS) is 18.1. The fourth-order valence-electron chi connectivity index (χ4n) is 4.40. The van der Waals surface area contributed by atoms with Crippen molar-refractivity contribution in [3.63, 3.8) is 0 Å². The molecule has 2 amide bonds. The lowest BCUT2D eigenvalue weighted by molar-refractivity contribution is -0.154. The first-order valence-corrected chi connectivity index (χ1v) is 12.1. The number of nitrogens with zero attached hydrogens (tertiary/aromatic N) is 5. The molecule has 11 nitrogen and oxygen atoms in total. The summed E-state index contributed by atoms with van der Waals surface area (Å²) < 4.78 is 19.9. The summed E-state index contributed by atoms with van der Waals surface area (Å²) in [5.74, 6) is -3.13.